The van der Waals surface area contributed by atoms with E-state index >= 15 is 0 Å². The minimum atomic E-state index is -0.169. The summed E-state index contributed by atoms with van der Waals surface area (Å²) in [5, 5.41) is 5.40. The van der Waals surface area contributed by atoms with Gasteiger partial charge in [0.05, 0.1) is 28.4 Å². The largest absolute Gasteiger partial charge is 0.481 e. The molecule has 0 radical (unpaired) electrons. The Kier molecular flexibility index (Phi) is 9.88. The van der Waals surface area contributed by atoms with Gasteiger partial charge in [0.15, 0.2) is 0 Å². The first-order valence-corrected chi connectivity index (χ1v) is 10.0. The van der Waals surface area contributed by atoms with Crippen LogP contribution in [0.25, 0.3) is 0 Å². The lowest BCUT2D eigenvalue weighted by atomic mass is 10.1. The SMILES string of the molecule is COc1cc(NC(=O)CCCCCCC(=O)Nc2cc(OC)nc(OC)n2)nc(OC)n1. The molecule has 32 heavy (non-hydrogen) atoms. The van der Waals surface area contributed by atoms with E-state index in [0.29, 0.717) is 49.1 Å². The second-order valence-corrected chi connectivity index (χ2v) is 6.58. The highest BCUT2D eigenvalue weighted by Gasteiger charge is 2.10. The highest BCUT2D eigenvalue weighted by molar-refractivity contribution is 5.90. The van der Waals surface area contributed by atoms with E-state index < -0.39 is 0 Å². The monoisotopic (exact) mass is 448 g/mol. The van der Waals surface area contributed by atoms with Crippen LogP contribution in [0.3, 0.4) is 0 Å². The van der Waals surface area contributed by atoms with Crippen LogP contribution < -0.4 is 29.6 Å². The fraction of sp³-hybridized carbons (Fsp3) is 0.500. The van der Waals surface area contributed by atoms with Gasteiger partial charge in [-0.15, -0.1) is 0 Å². The predicted molar refractivity (Wildman–Crippen MR) is 115 cm³/mol. The molecule has 0 saturated heterocycles. The standard InChI is InChI=1S/C20H28N6O6/c1-29-17-11-13(23-19(25-17)31-3)21-15(27)9-7-5-6-8-10-16(28)22-14-12-18(30-2)26-20(24-14)32-4/h11-12H,5-10H2,1-4H3,(H,21,23,25,27)(H,22,24,26,28). The van der Waals surface area contributed by atoms with Crippen molar-refractivity contribution in [2.45, 2.75) is 38.5 Å². The zero-order chi connectivity index (χ0) is 23.3. The third-order valence-corrected chi connectivity index (χ3v) is 4.24. The van der Waals surface area contributed by atoms with E-state index in [1.165, 1.54) is 40.6 Å². The zero-order valence-electron chi connectivity index (χ0n) is 18.6. The first-order valence-electron chi connectivity index (χ1n) is 10.0. The van der Waals surface area contributed by atoms with Gasteiger partial charge in [0.25, 0.3) is 0 Å². The number of hydrogen-bond acceptors (Lipinski definition) is 10. The van der Waals surface area contributed by atoms with Crippen LogP contribution in [-0.2, 0) is 9.59 Å². The average Bonchev–Trinajstić information content (AvgIpc) is 2.80. The van der Waals surface area contributed by atoms with Crippen molar-refractivity contribution in [3.63, 3.8) is 0 Å². The van der Waals surface area contributed by atoms with Crippen LogP contribution in [-0.4, -0.2) is 60.2 Å². The van der Waals surface area contributed by atoms with Crippen molar-refractivity contribution in [2.24, 2.45) is 0 Å². The minimum absolute atomic E-state index is 0.108. The van der Waals surface area contributed by atoms with Crippen molar-refractivity contribution in [1.82, 2.24) is 19.9 Å². The van der Waals surface area contributed by atoms with Gasteiger partial charge in [0.2, 0.25) is 23.6 Å². The smallest absolute Gasteiger partial charge is 0.321 e. The Hall–Kier alpha value is -3.70. The second-order valence-electron chi connectivity index (χ2n) is 6.58. The lowest BCUT2D eigenvalue weighted by Gasteiger charge is -2.08. The van der Waals surface area contributed by atoms with Crippen molar-refractivity contribution in [3.05, 3.63) is 12.1 Å². The number of nitrogens with zero attached hydrogens (tertiary/aromatic N) is 4. The van der Waals surface area contributed by atoms with Gasteiger partial charge in [-0.2, -0.15) is 19.9 Å². The molecule has 12 heteroatoms. The Bertz CT molecular complexity index is 792. The first-order chi connectivity index (χ1) is 15.5. The average molecular weight is 448 g/mol. The fourth-order valence-electron chi connectivity index (χ4n) is 2.66. The van der Waals surface area contributed by atoms with E-state index in [0.717, 1.165) is 12.8 Å². The first kappa shape index (κ1) is 24.6. The molecule has 2 aromatic rings. The summed E-state index contributed by atoms with van der Waals surface area (Å²) in [6, 6.07) is 3.25. The predicted octanol–water partition coefficient (Wildman–Crippen LogP) is 2.22. The third kappa shape index (κ3) is 8.20. The van der Waals surface area contributed by atoms with Gasteiger partial charge in [-0.05, 0) is 12.8 Å². The number of carbonyl (C=O) groups excluding carboxylic acids is 2. The fourth-order valence-corrected chi connectivity index (χ4v) is 2.66. The van der Waals surface area contributed by atoms with Gasteiger partial charge in [-0.3, -0.25) is 9.59 Å². The van der Waals surface area contributed by atoms with E-state index in [-0.39, 0.29) is 23.8 Å². The summed E-state index contributed by atoms with van der Waals surface area (Å²) in [6.45, 7) is 0. The summed E-state index contributed by atoms with van der Waals surface area (Å²) >= 11 is 0. The number of anilines is 2. The van der Waals surface area contributed by atoms with Crippen molar-refractivity contribution in [2.75, 3.05) is 39.1 Å². The normalized spacial score (nSPS) is 10.2. The maximum absolute atomic E-state index is 12.1. The van der Waals surface area contributed by atoms with Crippen LogP contribution in [0, 0.1) is 0 Å². The van der Waals surface area contributed by atoms with Crippen LogP contribution in [0.5, 0.6) is 23.8 Å². The molecule has 2 N–H and O–H groups in total. The number of unbranched alkanes of at least 4 members (excludes halogenated alkanes) is 3. The molecule has 2 aromatic heterocycles. The number of carbonyl (C=O) groups is 2. The lowest BCUT2D eigenvalue weighted by molar-refractivity contribution is -0.117. The second kappa shape index (κ2) is 12.9. The number of hydrogen-bond donors (Lipinski definition) is 2. The van der Waals surface area contributed by atoms with Gasteiger partial charge >= 0.3 is 12.0 Å². The van der Waals surface area contributed by atoms with E-state index in [9.17, 15) is 9.59 Å². The molecular weight excluding hydrogens is 420 g/mol. The molecule has 174 valence electrons. The van der Waals surface area contributed by atoms with Crippen LogP contribution in [0.4, 0.5) is 11.6 Å². The van der Waals surface area contributed by atoms with Crippen molar-refractivity contribution >= 4 is 23.5 Å². The van der Waals surface area contributed by atoms with Gasteiger partial charge in [0, 0.05) is 25.0 Å². The molecule has 12 nitrogen and oxygen atoms in total. The summed E-state index contributed by atoms with van der Waals surface area (Å²) in [5.74, 6) is 0.879. The van der Waals surface area contributed by atoms with Crippen LogP contribution in [0.1, 0.15) is 38.5 Å². The number of amides is 2. The van der Waals surface area contributed by atoms with Crippen molar-refractivity contribution in [3.8, 4) is 23.8 Å². The quantitative estimate of drug-likeness (QED) is 0.437. The summed E-state index contributed by atoms with van der Waals surface area (Å²) in [6.07, 6.45) is 3.67. The molecule has 0 saturated carbocycles. The summed E-state index contributed by atoms with van der Waals surface area (Å²) in [4.78, 5) is 40.3. The molecule has 0 aromatic carbocycles. The molecule has 0 spiro atoms. The molecule has 0 bridgehead atoms. The van der Waals surface area contributed by atoms with E-state index in [4.69, 9.17) is 18.9 Å². The molecule has 2 rings (SSSR count). The molecule has 0 fully saturated rings. The number of rotatable bonds is 13. The maximum atomic E-state index is 12.1. The Morgan fingerprint density at radius 2 is 1.06 bits per heavy atom. The Balaban J connectivity index is 1.66. The van der Waals surface area contributed by atoms with E-state index in [1.54, 1.807) is 0 Å². The molecule has 2 amide bonds. The number of aromatic nitrogens is 4. The van der Waals surface area contributed by atoms with Crippen molar-refractivity contribution < 1.29 is 28.5 Å². The van der Waals surface area contributed by atoms with Gasteiger partial charge in [-0.1, -0.05) is 12.8 Å². The maximum Gasteiger partial charge on any atom is 0.321 e. The highest BCUT2D eigenvalue weighted by Crippen LogP contribution is 2.19. The van der Waals surface area contributed by atoms with Gasteiger partial charge < -0.3 is 29.6 Å². The Morgan fingerprint density at radius 1 is 0.656 bits per heavy atom. The topological polar surface area (TPSA) is 147 Å². The van der Waals surface area contributed by atoms with Crippen LogP contribution in [0.2, 0.25) is 0 Å². The van der Waals surface area contributed by atoms with Gasteiger partial charge in [0.1, 0.15) is 11.6 Å². The van der Waals surface area contributed by atoms with Crippen LogP contribution >= 0.6 is 0 Å². The molecule has 0 unspecified atom stereocenters. The van der Waals surface area contributed by atoms with E-state index in [2.05, 4.69) is 30.6 Å². The molecule has 2 heterocycles. The highest BCUT2D eigenvalue weighted by atomic mass is 16.5. The number of ether oxygens (including phenoxy) is 4. The molecule has 0 aliphatic carbocycles. The van der Waals surface area contributed by atoms with Crippen molar-refractivity contribution in [1.29, 1.82) is 0 Å². The molecule has 0 atom stereocenters. The lowest BCUT2D eigenvalue weighted by Crippen LogP contribution is -2.14. The minimum Gasteiger partial charge on any atom is -0.481 e. The molecular formula is C20H28N6O6. The van der Waals surface area contributed by atoms with Crippen LogP contribution in [0.15, 0.2) is 12.1 Å². The molecule has 0 aliphatic heterocycles. The summed E-state index contributed by atoms with van der Waals surface area (Å²) in [5.41, 5.74) is 0. The number of nitrogens with one attached hydrogen (secondary N) is 2. The summed E-state index contributed by atoms with van der Waals surface area (Å²) in [7, 11) is 5.80. The zero-order valence-corrected chi connectivity index (χ0v) is 18.6. The molecule has 0 aliphatic rings. The van der Waals surface area contributed by atoms with E-state index in [1.807, 2.05) is 0 Å². The third-order valence-electron chi connectivity index (χ3n) is 4.24. The summed E-state index contributed by atoms with van der Waals surface area (Å²) < 4.78 is 20.1. The Labute approximate surface area is 186 Å². The number of methoxy groups -OCH3 is 4. The Morgan fingerprint density at radius 3 is 1.41 bits per heavy atom. The van der Waals surface area contributed by atoms with Gasteiger partial charge in [-0.25, -0.2) is 0 Å².